The van der Waals surface area contributed by atoms with Gasteiger partial charge in [-0.25, -0.2) is 0 Å². The summed E-state index contributed by atoms with van der Waals surface area (Å²) in [5, 5.41) is 9.73. The van der Waals surface area contributed by atoms with Gasteiger partial charge < -0.3 is 21.7 Å². The summed E-state index contributed by atoms with van der Waals surface area (Å²) in [5.41, 5.74) is 5.42. The Morgan fingerprint density at radius 1 is 0.850 bits per heavy atom. The van der Waals surface area contributed by atoms with E-state index in [1.165, 1.54) is 12.8 Å². The molecule has 0 heterocycles. The molecule has 0 saturated heterocycles. The molecular formula is C15H34N4O. The maximum absolute atomic E-state index is 11.3. The Bertz CT molecular complexity index is 212. The average Bonchev–Trinajstić information content (AvgIpc) is 2.46. The van der Waals surface area contributed by atoms with Crippen LogP contribution in [0.5, 0.6) is 0 Å². The van der Waals surface area contributed by atoms with Crippen molar-refractivity contribution in [3.8, 4) is 0 Å². The molecule has 0 aromatic heterocycles. The van der Waals surface area contributed by atoms with Crippen molar-refractivity contribution in [3.05, 3.63) is 0 Å². The van der Waals surface area contributed by atoms with Gasteiger partial charge in [0.15, 0.2) is 0 Å². The minimum atomic E-state index is 0.190. The predicted octanol–water partition coefficient (Wildman–Crippen LogP) is 0.991. The van der Waals surface area contributed by atoms with Gasteiger partial charge in [0.1, 0.15) is 0 Å². The van der Waals surface area contributed by atoms with Gasteiger partial charge in [-0.05, 0) is 64.8 Å². The lowest BCUT2D eigenvalue weighted by Gasteiger charge is -2.07. The smallest absolute Gasteiger partial charge is 0.219 e. The lowest BCUT2D eigenvalue weighted by atomic mass is 10.2. The number of unbranched alkanes of at least 4 members (excludes halogenated alkanes) is 2. The molecule has 0 aromatic rings. The highest BCUT2D eigenvalue weighted by Crippen LogP contribution is 1.92. The van der Waals surface area contributed by atoms with Crippen molar-refractivity contribution in [3.63, 3.8) is 0 Å². The van der Waals surface area contributed by atoms with Gasteiger partial charge in [-0.2, -0.15) is 0 Å². The van der Waals surface area contributed by atoms with Gasteiger partial charge in [-0.15, -0.1) is 0 Å². The number of amides is 1. The summed E-state index contributed by atoms with van der Waals surface area (Å²) in [6, 6.07) is 0. The summed E-state index contributed by atoms with van der Waals surface area (Å²) in [6.45, 7) is 7.80. The van der Waals surface area contributed by atoms with Crippen LogP contribution in [0.4, 0.5) is 0 Å². The number of carbonyl (C=O) groups is 1. The minimum Gasteiger partial charge on any atom is -0.356 e. The molecule has 120 valence electrons. The Hall–Kier alpha value is -0.650. The van der Waals surface area contributed by atoms with E-state index in [9.17, 15) is 4.79 Å². The van der Waals surface area contributed by atoms with E-state index in [2.05, 4.69) is 22.9 Å². The first-order valence-corrected chi connectivity index (χ1v) is 8.19. The van der Waals surface area contributed by atoms with Crippen LogP contribution in [0, 0.1) is 0 Å². The largest absolute Gasteiger partial charge is 0.356 e. The van der Waals surface area contributed by atoms with Crippen LogP contribution >= 0.6 is 0 Å². The van der Waals surface area contributed by atoms with E-state index in [1.54, 1.807) is 0 Å². The predicted molar refractivity (Wildman–Crippen MR) is 85.8 cm³/mol. The van der Waals surface area contributed by atoms with Crippen molar-refractivity contribution < 1.29 is 4.79 Å². The first-order valence-electron chi connectivity index (χ1n) is 8.19. The van der Waals surface area contributed by atoms with E-state index >= 15 is 0 Å². The zero-order chi connectivity index (χ0) is 14.9. The van der Waals surface area contributed by atoms with Crippen LogP contribution in [-0.4, -0.2) is 45.2 Å². The summed E-state index contributed by atoms with van der Waals surface area (Å²) in [6.07, 6.45) is 7.19. The summed E-state index contributed by atoms with van der Waals surface area (Å²) >= 11 is 0. The lowest BCUT2D eigenvalue weighted by Crippen LogP contribution is -2.27. The van der Waals surface area contributed by atoms with Gasteiger partial charge in [-0.3, -0.25) is 4.79 Å². The minimum absolute atomic E-state index is 0.190. The Morgan fingerprint density at radius 2 is 1.45 bits per heavy atom. The maximum Gasteiger partial charge on any atom is 0.219 e. The Labute approximate surface area is 124 Å². The molecule has 0 aliphatic rings. The van der Waals surface area contributed by atoms with E-state index in [1.807, 2.05) is 0 Å². The Morgan fingerprint density at radius 3 is 2.05 bits per heavy atom. The molecule has 20 heavy (non-hydrogen) atoms. The monoisotopic (exact) mass is 286 g/mol. The number of hydrogen-bond donors (Lipinski definition) is 4. The third-order valence-corrected chi connectivity index (χ3v) is 3.12. The van der Waals surface area contributed by atoms with Crippen LogP contribution < -0.4 is 21.7 Å². The van der Waals surface area contributed by atoms with E-state index in [4.69, 9.17) is 5.73 Å². The van der Waals surface area contributed by atoms with Crippen LogP contribution in [0.15, 0.2) is 0 Å². The molecule has 0 aliphatic carbocycles. The molecule has 0 saturated carbocycles. The molecule has 0 rings (SSSR count). The summed E-state index contributed by atoms with van der Waals surface area (Å²) in [5.74, 6) is 0.190. The zero-order valence-corrected chi connectivity index (χ0v) is 13.2. The Kier molecular flexibility index (Phi) is 15.9. The van der Waals surface area contributed by atoms with Crippen LogP contribution in [0.1, 0.15) is 51.9 Å². The van der Waals surface area contributed by atoms with Gasteiger partial charge in [0, 0.05) is 13.0 Å². The van der Waals surface area contributed by atoms with Gasteiger partial charge in [0.25, 0.3) is 0 Å². The molecule has 0 atom stereocenters. The molecule has 0 radical (unpaired) electrons. The normalized spacial score (nSPS) is 10.7. The number of carbonyl (C=O) groups excluding carboxylic acids is 1. The van der Waals surface area contributed by atoms with Crippen LogP contribution in [0.3, 0.4) is 0 Å². The fraction of sp³-hybridized carbons (Fsp3) is 0.933. The standard InChI is InChI=1S/C15H34N4O/c1-2-3-8-15(20)19-14-7-13-18-11-5-4-10-17-12-6-9-16/h17-18H,2-14,16H2,1H3,(H,19,20). The second-order valence-electron chi connectivity index (χ2n) is 5.16. The molecule has 5 nitrogen and oxygen atoms in total. The second kappa shape index (κ2) is 16.4. The molecule has 5 N–H and O–H groups in total. The highest BCUT2D eigenvalue weighted by atomic mass is 16.1. The van der Waals surface area contributed by atoms with Gasteiger partial charge in [-0.1, -0.05) is 13.3 Å². The van der Waals surface area contributed by atoms with E-state index in [0.717, 1.165) is 65.0 Å². The van der Waals surface area contributed by atoms with Crippen LogP contribution in [0.25, 0.3) is 0 Å². The summed E-state index contributed by atoms with van der Waals surface area (Å²) < 4.78 is 0. The van der Waals surface area contributed by atoms with Crippen molar-refractivity contribution in [2.75, 3.05) is 39.3 Å². The summed E-state index contributed by atoms with van der Waals surface area (Å²) in [7, 11) is 0. The van der Waals surface area contributed by atoms with Gasteiger partial charge >= 0.3 is 0 Å². The van der Waals surface area contributed by atoms with Crippen molar-refractivity contribution >= 4 is 5.91 Å². The van der Waals surface area contributed by atoms with Gasteiger partial charge in [0.05, 0.1) is 0 Å². The zero-order valence-electron chi connectivity index (χ0n) is 13.2. The van der Waals surface area contributed by atoms with E-state index in [0.29, 0.717) is 6.42 Å². The van der Waals surface area contributed by atoms with E-state index in [-0.39, 0.29) is 5.91 Å². The first kappa shape index (κ1) is 19.4. The van der Waals surface area contributed by atoms with Crippen molar-refractivity contribution in [2.24, 2.45) is 5.73 Å². The number of nitrogens with one attached hydrogen (secondary N) is 3. The molecule has 0 spiro atoms. The molecule has 5 heteroatoms. The topological polar surface area (TPSA) is 79.2 Å². The molecular weight excluding hydrogens is 252 g/mol. The Balaban J connectivity index is 3.04. The number of hydrogen-bond acceptors (Lipinski definition) is 4. The first-order chi connectivity index (χ1) is 9.81. The average molecular weight is 286 g/mol. The third kappa shape index (κ3) is 15.4. The van der Waals surface area contributed by atoms with Crippen molar-refractivity contribution in [1.82, 2.24) is 16.0 Å². The lowest BCUT2D eigenvalue weighted by molar-refractivity contribution is -0.121. The molecule has 0 aromatic carbocycles. The van der Waals surface area contributed by atoms with Crippen molar-refractivity contribution in [1.29, 1.82) is 0 Å². The maximum atomic E-state index is 11.3. The number of rotatable bonds is 15. The fourth-order valence-corrected chi connectivity index (χ4v) is 1.84. The highest BCUT2D eigenvalue weighted by Gasteiger charge is 1.98. The quantitative estimate of drug-likeness (QED) is 0.339. The molecule has 0 unspecified atom stereocenters. The summed E-state index contributed by atoms with van der Waals surface area (Å²) in [4.78, 5) is 11.3. The van der Waals surface area contributed by atoms with E-state index < -0.39 is 0 Å². The molecule has 0 fully saturated rings. The molecule has 0 bridgehead atoms. The third-order valence-electron chi connectivity index (χ3n) is 3.12. The van der Waals surface area contributed by atoms with Crippen LogP contribution in [-0.2, 0) is 4.79 Å². The fourth-order valence-electron chi connectivity index (χ4n) is 1.84. The highest BCUT2D eigenvalue weighted by molar-refractivity contribution is 5.75. The number of nitrogens with two attached hydrogens (primary N) is 1. The second-order valence-corrected chi connectivity index (χ2v) is 5.16. The van der Waals surface area contributed by atoms with Crippen LogP contribution in [0.2, 0.25) is 0 Å². The SMILES string of the molecule is CCCCC(=O)NCCCNCCCCNCCCN. The molecule has 0 aliphatic heterocycles. The van der Waals surface area contributed by atoms with Crippen molar-refractivity contribution in [2.45, 2.75) is 51.9 Å². The van der Waals surface area contributed by atoms with Gasteiger partial charge in [0.2, 0.25) is 5.91 Å². The molecule has 1 amide bonds.